The van der Waals surface area contributed by atoms with Gasteiger partial charge in [-0.1, -0.05) is 11.3 Å². The second kappa shape index (κ2) is 4.49. The van der Waals surface area contributed by atoms with Crippen LogP contribution in [0.4, 0.5) is 5.13 Å². The maximum atomic E-state index is 9.74. The summed E-state index contributed by atoms with van der Waals surface area (Å²) in [5.74, 6) is 5.29. The van der Waals surface area contributed by atoms with Gasteiger partial charge in [0.15, 0.2) is 0 Å². The van der Waals surface area contributed by atoms with Gasteiger partial charge in [0.05, 0.1) is 12.6 Å². The third kappa shape index (κ3) is 2.15. The molecule has 1 aromatic heterocycles. The van der Waals surface area contributed by atoms with E-state index in [1.54, 1.807) is 0 Å². The Morgan fingerprint density at radius 1 is 1.35 bits per heavy atom. The number of aromatic nitrogens is 2. The highest BCUT2D eigenvalue weighted by Crippen LogP contribution is 2.37. The number of piperidine rings is 1. The van der Waals surface area contributed by atoms with E-state index in [9.17, 15) is 5.11 Å². The molecule has 0 amide bonds. The number of aliphatic hydroxyl groups excluding tert-OH is 1. The molecule has 0 aromatic carbocycles. The Balaban J connectivity index is 1.69. The fraction of sp³-hybridized carbons (Fsp3) is 0.800. The first-order valence-corrected chi connectivity index (χ1v) is 6.80. The Morgan fingerprint density at radius 2 is 2.06 bits per heavy atom. The zero-order valence-electron chi connectivity index (χ0n) is 9.54. The van der Waals surface area contributed by atoms with Crippen molar-refractivity contribution in [2.75, 3.05) is 5.43 Å². The maximum Gasteiger partial charge on any atom is 0.219 e. The van der Waals surface area contributed by atoms with E-state index in [-0.39, 0.29) is 6.10 Å². The molecule has 6 nitrogen and oxygen atoms in total. The van der Waals surface area contributed by atoms with Crippen molar-refractivity contribution in [2.45, 2.75) is 50.4 Å². The summed E-state index contributed by atoms with van der Waals surface area (Å²) in [5.41, 5.74) is 2.52. The molecule has 4 N–H and O–H groups in total. The fourth-order valence-corrected chi connectivity index (χ4v) is 3.69. The summed E-state index contributed by atoms with van der Waals surface area (Å²) in [5, 5.41) is 19.4. The summed E-state index contributed by atoms with van der Waals surface area (Å²) in [6.07, 6.45) is 4.08. The summed E-state index contributed by atoms with van der Waals surface area (Å²) in [7, 11) is 0. The number of hydrogen-bond acceptors (Lipinski definition) is 7. The Labute approximate surface area is 104 Å². The molecule has 2 aliphatic rings. The summed E-state index contributed by atoms with van der Waals surface area (Å²) in [6, 6.07) is 1.03. The number of nitrogens with one attached hydrogen (secondary N) is 1. The monoisotopic (exact) mass is 255 g/mol. The van der Waals surface area contributed by atoms with Crippen molar-refractivity contribution in [2.24, 2.45) is 5.84 Å². The molecular weight excluding hydrogens is 238 g/mol. The number of nitrogens with two attached hydrogens (primary N) is 1. The van der Waals surface area contributed by atoms with Crippen LogP contribution in [0, 0.1) is 0 Å². The van der Waals surface area contributed by atoms with Crippen LogP contribution in [-0.4, -0.2) is 38.4 Å². The topological polar surface area (TPSA) is 87.3 Å². The largest absolute Gasteiger partial charge is 0.393 e. The van der Waals surface area contributed by atoms with Crippen LogP contribution >= 0.6 is 11.3 Å². The van der Waals surface area contributed by atoms with Crippen molar-refractivity contribution in [3.05, 3.63) is 5.01 Å². The third-order valence-electron chi connectivity index (χ3n) is 3.77. The Hall–Kier alpha value is -0.760. The standard InChI is InChI=1S/C10H17N5OS/c11-12-10-14-13-9(17-10)5-15-6-1-2-7(15)4-8(16)3-6/h6-8,16H,1-5,11H2,(H,12,14). The third-order valence-corrected chi connectivity index (χ3v) is 4.61. The predicted octanol–water partition coefficient (Wildman–Crippen LogP) is 0.311. The molecule has 17 heavy (non-hydrogen) atoms. The van der Waals surface area contributed by atoms with Crippen molar-refractivity contribution in [3.8, 4) is 0 Å². The number of nitrogens with zero attached hydrogens (tertiary/aromatic N) is 3. The van der Waals surface area contributed by atoms with Gasteiger partial charge in [-0.2, -0.15) is 0 Å². The predicted molar refractivity (Wildman–Crippen MR) is 65.3 cm³/mol. The zero-order valence-corrected chi connectivity index (χ0v) is 10.4. The molecule has 0 aliphatic carbocycles. The van der Waals surface area contributed by atoms with Crippen molar-refractivity contribution in [1.82, 2.24) is 15.1 Å². The van der Waals surface area contributed by atoms with Gasteiger partial charge in [0.1, 0.15) is 5.01 Å². The highest BCUT2D eigenvalue weighted by atomic mass is 32.1. The highest BCUT2D eigenvalue weighted by molar-refractivity contribution is 7.15. The van der Waals surface area contributed by atoms with E-state index < -0.39 is 0 Å². The molecule has 3 rings (SSSR count). The quantitative estimate of drug-likeness (QED) is 0.532. The lowest BCUT2D eigenvalue weighted by Gasteiger charge is -2.36. The molecule has 0 saturated carbocycles. The van der Waals surface area contributed by atoms with E-state index >= 15 is 0 Å². The van der Waals surface area contributed by atoms with E-state index in [4.69, 9.17) is 5.84 Å². The summed E-state index contributed by atoms with van der Waals surface area (Å²) in [6.45, 7) is 0.835. The summed E-state index contributed by atoms with van der Waals surface area (Å²) >= 11 is 1.50. The van der Waals surface area contributed by atoms with Gasteiger partial charge in [-0.15, -0.1) is 10.2 Å². The van der Waals surface area contributed by atoms with Crippen molar-refractivity contribution >= 4 is 16.5 Å². The molecule has 0 radical (unpaired) electrons. The number of hydrazine groups is 1. The Morgan fingerprint density at radius 3 is 2.65 bits per heavy atom. The number of fused-ring (bicyclic) bond motifs is 2. The van der Waals surface area contributed by atoms with Crippen LogP contribution in [0.1, 0.15) is 30.7 Å². The van der Waals surface area contributed by atoms with Crippen LogP contribution in [0.5, 0.6) is 0 Å². The molecule has 2 unspecified atom stereocenters. The van der Waals surface area contributed by atoms with E-state index in [1.165, 1.54) is 24.2 Å². The molecule has 1 aromatic rings. The van der Waals surface area contributed by atoms with Crippen molar-refractivity contribution < 1.29 is 5.11 Å². The lowest BCUT2D eigenvalue weighted by Crippen LogP contribution is -2.44. The second-order valence-electron chi connectivity index (χ2n) is 4.83. The number of rotatable bonds is 3. The molecule has 2 fully saturated rings. The first kappa shape index (κ1) is 11.3. The molecule has 0 spiro atoms. The van der Waals surface area contributed by atoms with Gasteiger partial charge < -0.3 is 5.11 Å². The van der Waals surface area contributed by atoms with Crippen molar-refractivity contribution in [1.29, 1.82) is 0 Å². The van der Waals surface area contributed by atoms with E-state index in [0.29, 0.717) is 17.2 Å². The van der Waals surface area contributed by atoms with E-state index in [1.807, 2.05) is 0 Å². The van der Waals surface area contributed by atoms with Gasteiger partial charge in [0, 0.05) is 12.1 Å². The zero-order chi connectivity index (χ0) is 11.8. The molecule has 2 atom stereocenters. The molecular formula is C10H17N5OS. The minimum atomic E-state index is -0.112. The Bertz CT molecular complexity index is 384. The average molecular weight is 255 g/mol. The average Bonchev–Trinajstić information content (AvgIpc) is 2.85. The molecule has 7 heteroatoms. The lowest BCUT2D eigenvalue weighted by atomic mass is 10.0. The van der Waals surface area contributed by atoms with Crippen LogP contribution in [0.2, 0.25) is 0 Å². The first-order chi connectivity index (χ1) is 8.26. The highest BCUT2D eigenvalue weighted by Gasteiger charge is 2.40. The van der Waals surface area contributed by atoms with Gasteiger partial charge in [-0.05, 0) is 25.7 Å². The number of nitrogen functional groups attached to an aromatic ring is 1. The smallest absolute Gasteiger partial charge is 0.219 e. The number of aliphatic hydroxyl groups is 1. The first-order valence-electron chi connectivity index (χ1n) is 5.99. The second-order valence-corrected chi connectivity index (χ2v) is 5.89. The van der Waals surface area contributed by atoms with Gasteiger partial charge in [0.2, 0.25) is 5.13 Å². The summed E-state index contributed by atoms with van der Waals surface area (Å²) < 4.78 is 0. The molecule has 2 bridgehead atoms. The number of hydrogen-bond donors (Lipinski definition) is 3. The van der Waals surface area contributed by atoms with Crippen LogP contribution in [-0.2, 0) is 6.54 Å². The Kier molecular flexibility index (Phi) is 2.99. The van der Waals surface area contributed by atoms with Gasteiger partial charge >= 0.3 is 0 Å². The summed E-state index contributed by atoms with van der Waals surface area (Å²) in [4.78, 5) is 2.47. The van der Waals surface area contributed by atoms with Gasteiger partial charge in [0.25, 0.3) is 0 Å². The van der Waals surface area contributed by atoms with Crippen LogP contribution in [0.15, 0.2) is 0 Å². The molecule has 2 saturated heterocycles. The van der Waals surface area contributed by atoms with Crippen LogP contribution < -0.4 is 11.3 Å². The molecule has 3 heterocycles. The molecule has 2 aliphatic heterocycles. The minimum Gasteiger partial charge on any atom is -0.393 e. The van der Waals surface area contributed by atoms with E-state index in [2.05, 4.69) is 20.5 Å². The van der Waals surface area contributed by atoms with Gasteiger partial charge in [-0.3, -0.25) is 10.3 Å². The van der Waals surface area contributed by atoms with Crippen LogP contribution in [0.25, 0.3) is 0 Å². The molecule has 94 valence electrons. The van der Waals surface area contributed by atoms with Crippen LogP contribution in [0.3, 0.4) is 0 Å². The normalized spacial score (nSPS) is 32.9. The number of anilines is 1. The van der Waals surface area contributed by atoms with E-state index in [0.717, 1.165) is 24.4 Å². The lowest BCUT2D eigenvalue weighted by molar-refractivity contribution is 0.0309. The SMILES string of the molecule is NNc1nnc(CN2C3CCC2CC(O)C3)s1. The maximum absolute atomic E-state index is 9.74. The van der Waals surface area contributed by atoms with Crippen molar-refractivity contribution in [3.63, 3.8) is 0 Å². The minimum absolute atomic E-state index is 0.112. The fourth-order valence-electron chi connectivity index (χ4n) is 3.04. The van der Waals surface area contributed by atoms with Gasteiger partial charge in [-0.25, -0.2) is 5.84 Å².